The van der Waals surface area contributed by atoms with Crippen LogP contribution in [0.2, 0.25) is 0 Å². The average Bonchev–Trinajstić information content (AvgIpc) is 3.10. The van der Waals surface area contributed by atoms with E-state index < -0.39 is 5.79 Å². The molecule has 2 saturated heterocycles. The van der Waals surface area contributed by atoms with Crippen LogP contribution in [0.5, 0.6) is 0 Å². The number of rotatable bonds is 3. The van der Waals surface area contributed by atoms with Crippen molar-refractivity contribution >= 4 is 0 Å². The Morgan fingerprint density at radius 3 is 2.13 bits per heavy atom. The van der Waals surface area contributed by atoms with E-state index in [-0.39, 0.29) is 5.60 Å². The molecule has 4 aliphatic rings. The Kier molecular flexibility index (Phi) is 16.5. The highest BCUT2D eigenvalue weighted by molar-refractivity contribution is 5.04. The Balaban J connectivity index is 0.000000514. The van der Waals surface area contributed by atoms with Crippen LogP contribution in [-0.4, -0.2) is 41.9 Å². The van der Waals surface area contributed by atoms with Crippen LogP contribution >= 0.6 is 0 Å². The van der Waals surface area contributed by atoms with Crippen molar-refractivity contribution in [2.45, 2.75) is 155 Å². The molecule has 2 aliphatic carbocycles. The SMILES string of the molecule is CC.CC.CC.COC1(O)CCCCC1.N#CCCC1CCC2OC3CCCC2(C3)O1. The summed E-state index contributed by atoms with van der Waals surface area (Å²) in [6, 6.07) is 2.22. The Morgan fingerprint density at radius 1 is 0.935 bits per heavy atom. The van der Waals surface area contributed by atoms with Crippen LogP contribution in [0.1, 0.15) is 125 Å². The van der Waals surface area contributed by atoms with E-state index in [0.717, 1.165) is 57.8 Å². The molecule has 5 heteroatoms. The van der Waals surface area contributed by atoms with Gasteiger partial charge in [0.15, 0.2) is 5.79 Å². The molecule has 4 unspecified atom stereocenters. The molecular weight excluding hydrogens is 390 g/mol. The van der Waals surface area contributed by atoms with Crippen molar-refractivity contribution in [1.82, 2.24) is 0 Å². The zero-order valence-corrected chi connectivity index (χ0v) is 21.5. The fourth-order valence-corrected chi connectivity index (χ4v) is 4.96. The van der Waals surface area contributed by atoms with Crippen LogP contribution in [0.4, 0.5) is 0 Å². The van der Waals surface area contributed by atoms with E-state index in [0.29, 0.717) is 24.7 Å². The largest absolute Gasteiger partial charge is 0.372 e. The van der Waals surface area contributed by atoms with E-state index in [1.165, 1.54) is 19.3 Å². The van der Waals surface area contributed by atoms with Crippen LogP contribution < -0.4 is 0 Å². The maximum Gasteiger partial charge on any atom is 0.165 e. The average molecular weight is 442 g/mol. The molecule has 0 aromatic carbocycles. The molecule has 2 heterocycles. The van der Waals surface area contributed by atoms with Gasteiger partial charge in [-0.2, -0.15) is 5.26 Å². The predicted molar refractivity (Wildman–Crippen MR) is 128 cm³/mol. The van der Waals surface area contributed by atoms with Crippen molar-refractivity contribution in [3.63, 3.8) is 0 Å². The molecule has 1 spiro atoms. The van der Waals surface area contributed by atoms with Gasteiger partial charge in [-0.25, -0.2) is 0 Å². The van der Waals surface area contributed by atoms with Gasteiger partial charge in [-0.15, -0.1) is 0 Å². The van der Waals surface area contributed by atoms with E-state index in [1.54, 1.807) is 7.11 Å². The van der Waals surface area contributed by atoms with Crippen LogP contribution in [0, 0.1) is 11.3 Å². The van der Waals surface area contributed by atoms with Gasteiger partial charge in [0.05, 0.1) is 30.0 Å². The van der Waals surface area contributed by atoms with E-state index in [1.807, 2.05) is 41.5 Å². The number of hydrogen-bond donors (Lipinski definition) is 1. The lowest BCUT2D eigenvalue weighted by Crippen LogP contribution is -2.48. The third-order valence-corrected chi connectivity index (χ3v) is 6.39. The summed E-state index contributed by atoms with van der Waals surface area (Å²) in [5.41, 5.74) is 0.0291. The third-order valence-electron chi connectivity index (χ3n) is 6.39. The fraction of sp³-hybridized carbons (Fsp3) is 0.962. The molecule has 5 nitrogen and oxygen atoms in total. The van der Waals surface area contributed by atoms with Gasteiger partial charge < -0.3 is 19.3 Å². The molecule has 2 aliphatic heterocycles. The molecule has 0 radical (unpaired) electrons. The fourth-order valence-electron chi connectivity index (χ4n) is 4.96. The Morgan fingerprint density at radius 2 is 1.58 bits per heavy atom. The third kappa shape index (κ3) is 9.38. The molecule has 184 valence electrons. The molecule has 0 aromatic heterocycles. The molecule has 0 aromatic rings. The summed E-state index contributed by atoms with van der Waals surface area (Å²) >= 11 is 0. The first kappa shape index (κ1) is 30.3. The maximum absolute atomic E-state index is 9.46. The molecule has 4 atom stereocenters. The number of hydrogen-bond acceptors (Lipinski definition) is 5. The number of aliphatic hydroxyl groups is 1. The van der Waals surface area contributed by atoms with Crippen molar-refractivity contribution in [2.75, 3.05) is 7.11 Å². The normalized spacial score (nSPS) is 31.9. The predicted octanol–water partition coefficient (Wildman–Crippen LogP) is 6.91. The lowest BCUT2D eigenvalue weighted by Gasteiger charge is -2.42. The summed E-state index contributed by atoms with van der Waals surface area (Å²) < 4.78 is 17.3. The quantitative estimate of drug-likeness (QED) is 0.482. The highest BCUT2D eigenvalue weighted by Crippen LogP contribution is 2.49. The number of ether oxygens (including phenoxy) is 3. The van der Waals surface area contributed by atoms with Crippen LogP contribution in [0.15, 0.2) is 0 Å². The second-order valence-electron chi connectivity index (χ2n) is 8.13. The van der Waals surface area contributed by atoms with Gasteiger partial charge in [0.25, 0.3) is 0 Å². The number of nitriles is 1. The van der Waals surface area contributed by atoms with Crippen molar-refractivity contribution in [3.05, 3.63) is 0 Å². The maximum atomic E-state index is 9.46. The van der Waals surface area contributed by atoms with E-state index in [2.05, 4.69) is 6.07 Å². The molecule has 2 saturated carbocycles. The van der Waals surface area contributed by atoms with E-state index in [4.69, 9.17) is 19.5 Å². The number of fused-ring (bicyclic) bond motifs is 1. The van der Waals surface area contributed by atoms with Gasteiger partial charge in [-0.1, -0.05) is 48.0 Å². The van der Waals surface area contributed by atoms with Crippen molar-refractivity contribution in [3.8, 4) is 6.07 Å². The summed E-state index contributed by atoms with van der Waals surface area (Å²) in [6.45, 7) is 12.0. The summed E-state index contributed by atoms with van der Waals surface area (Å²) in [5, 5.41) is 18.1. The highest BCUT2D eigenvalue weighted by atomic mass is 16.6. The van der Waals surface area contributed by atoms with Crippen molar-refractivity contribution in [2.24, 2.45) is 0 Å². The summed E-state index contributed by atoms with van der Waals surface area (Å²) in [6.07, 6.45) is 14.6. The zero-order valence-electron chi connectivity index (χ0n) is 21.5. The summed E-state index contributed by atoms with van der Waals surface area (Å²) in [5.74, 6) is -0.780. The van der Waals surface area contributed by atoms with Crippen molar-refractivity contribution in [1.29, 1.82) is 5.26 Å². The minimum Gasteiger partial charge on any atom is -0.372 e. The first-order valence-electron chi connectivity index (χ1n) is 13.1. The Labute approximate surface area is 192 Å². The second kappa shape index (κ2) is 16.9. The van der Waals surface area contributed by atoms with E-state index >= 15 is 0 Å². The summed E-state index contributed by atoms with van der Waals surface area (Å²) in [4.78, 5) is 0. The Hall–Kier alpha value is -0.670. The highest BCUT2D eigenvalue weighted by Gasteiger charge is 2.54. The van der Waals surface area contributed by atoms with Crippen molar-refractivity contribution < 1.29 is 19.3 Å². The molecular formula is C26H51NO4. The Bertz CT molecular complexity index is 473. The van der Waals surface area contributed by atoms with Gasteiger partial charge in [-0.3, -0.25) is 0 Å². The standard InChI is InChI=1S/C13H19NO2.C7H14O2.3C2H6/c14-8-2-4-10-5-6-12-13(16-10)7-1-3-11(9-13)15-12;1-9-7(8)5-3-2-4-6-7;3*1-2/h10-12H,1-7,9H2;8H,2-6H2,1H3;3*1-2H3. The second-order valence-corrected chi connectivity index (χ2v) is 8.13. The first-order valence-corrected chi connectivity index (χ1v) is 13.1. The van der Waals surface area contributed by atoms with Crippen LogP contribution in [0.3, 0.4) is 0 Å². The first-order chi connectivity index (χ1) is 15.1. The molecule has 31 heavy (non-hydrogen) atoms. The molecule has 4 rings (SSSR count). The van der Waals surface area contributed by atoms with E-state index in [9.17, 15) is 5.11 Å². The molecule has 4 fully saturated rings. The van der Waals surface area contributed by atoms with Crippen LogP contribution in [-0.2, 0) is 14.2 Å². The number of methoxy groups -OCH3 is 1. The monoisotopic (exact) mass is 441 g/mol. The minimum atomic E-state index is -0.780. The van der Waals surface area contributed by atoms with Gasteiger partial charge in [-0.05, 0) is 51.4 Å². The van der Waals surface area contributed by atoms with Gasteiger partial charge in [0.2, 0.25) is 0 Å². The lowest BCUT2D eigenvalue weighted by atomic mass is 9.78. The molecule has 2 bridgehead atoms. The van der Waals surface area contributed by atoms with Gasteiger partial charge in [0, 0.05) is 32.8 Å². The van der Waals surface area contributed by atoms with Gasteiger partial charge >= 0.3 is 0 Å². The van der Waals surface area contributed by atoms with Gasteiger partial charge in [0.1, 0.15) is 0 Å². The lowest BCUT2D eigenvalue weighted by molar-refractivity contribution is -0.202. The smallest absolute Gasteiger partial charge is 0.165 e. The topological polar surface area (TPSA) is 71.7 Å². The molecule has 1 N–H and O–H groups in total. The summed E-state index contributed by atoms with van der Waals surface area (Å²) in [7, 11) is 1.57. The molecule has 0 amide bonds. The zero-order chi connectivity index (χ0) is 23.8. The van der Waals surface area contributed by atoms with Crippen LogP contribution in [0.25, 0.3) is 0 Å². The minimum absolute atomic E-state index is 0.0291. The number of nitrogens with zero attached hydrogens (tertiary/aromatic N) is 1.